The zero-order chi connectivity index (χ0) is 13.7. The van der Waals surface area contributed by atoms with Gasteiger partial charge in [-0.05, 0) is 26.0 Å². The van der Waals surface area contributed by atoms with Crippen molar-refractivity contribution in [1.29, 1.82) is 0 Å². The summed E-state index contributed by atoms with van der Waals surface area (Å²) in [6.07, 6.45) is 8.69. The lowest BCUT2D eigenvalue weighted by atomic mass is 9.94. The summed E-state index contributed by atoms with van der Waals surface area (Å²) >= 11 is 1.60. The third-order valence-electron chi connectivity index (χ3n) is 3.78. The van der Waals surface area contributed by atoms with E-state index in [0.717, 1.165) is 23.3 Å². The van der Waals surface area contributed by atoms with Crippen LogP contribution in [0.1, 0.15) is 39.0 Å². The van der Waals surface area contributed by atoms with E-state index in [1.54, 1.807) is 11.8 Å². The van der Waals surface area contributed by atoms with Gasteiger partial charge in [0.1, 0.15) is 11.6 Å². The second kappa shape index (κ2) is 6.98. The number of thioether (sulfide) groups is 1. The van der Waals surface area contributed by atoms with Crippen LogP contribution in [0.15, 0.2) is 11.2 Å². The number of hydrogen-bond donors (Lipinski definition) is 1. The first kappa shape index (κ1) is 14.4. The molecule has 1 aliphatic carbocycles. The molecule has 1 heterocycles. The summed E-state index contributed by atoms with van der Waals surface area (Å²) in [5.74, 6) is 1.97. The second-order valence-electron chi connectivity index (χ2n) is 4.93. The molecule has 0 spiro atoms. The van der Waals surface area contributed by atoms with Gasteiger partial charge in [0.2, 0.25) is 0 Å². The fraction of sp³-hybridized carbons (Fsp3) is 0.714. The lowest BCUT2D eigenvalue weighted by Crippen LogP contribution is -2.37. The van der Waals surface area contributed by atoms with E-state index >= 15 is 0 Å². The van der Waals surface area contributed by atoms with Gasteiger partial charge >= 0.3 is 0 Å². The Labute approximate surface area is 120 Å². The Morgan fingerprint density at radius 1 is 1.32 bits per heavy atom. The maximum absolute atomic E-state index is 4.68. The first-order valence-electron chi connectivity index (χ1n) is 7.16. The maximum atomic E-state index is 4.68. The Bertz CT molecular complexity index is 382. The quantitative estimate of drug-likeness (QED) is 0.661. The average Bonchev–Trinajstić information content (AvgIpc) is 2.48. The van der Waals surface area contributed by atoms with E-state index in [1.807, 2.05) is 13.3 Å². The van der Waals surface area contributed by atoms with E-state index in [4.69, 9.17) is 0 Å². The minimum atomic E-state index is 0.646. The monoisotopic (exact) mass is 280 g/mol. The highest BCUT2D eigenvalue weighted by Gasteiger charge is 2.22. The van der Waals surface area contributed by atoms with Gasteiger partial charge in [-0.2, -0.15) is 0 Å². The third-order valence-corrected chi connectivity index (χ3v) is 4.33. The summed E-state index contributed by atoms with van der Waals surface area (Å²) in [6.45, 7) is 3.23. The van der Waals surface area contributed by atoms with Crippen LogP contribution in [0.4, 0.5) is 11.6 Å². The van der Waals surface area contributed by atoms with Crippen LogP contribution >= 0.6 is 11.8 Å². The molecule has 0 aliphatic heterocycles. The molecule has 1 saturated carbocycles. The fourth-order valence-corrected chi connectivity index (χ4v) is 3.15. The summed E-state index contributed by atoms with van der Waals surface area (Å²) in [7, 11) is 1.91. The van der Waals surface area contributed by atoms with Gasteiger partial charge < -0.3 is 10.2 Å². The predicted octanol–water partition coefficient (Wildman–Crippen LogP) is 3.40. The van der Waals surface area contributed by atoms with Crippen LogP contribution in [0.25, 0.3) is 0 Å². The van der Waals surface area contributed by atoms with Crippen LogP contribution in [0, 0.1) is 0 Å². The van der Waals surface area contributed by atoms with Gasteiger partial charge in [-0.1, -0.05) is 31.0 Å². The van der Waals surface area contributed by atoms with Crippen molar-refractivity contribution in [1.82, 2.24) is 9.97 Å². The SMILES string of the molecule is CCN(c1cc(NC)nc(SC)n1)C1CCCCC1. The van der Waals surface area contributed by atoms with Crippen LogP contribution in [0.3, 0.4) is 0 Å². The molecule has 1 aromatic rings. The van der Waals surface area contributed by atoms with Gasteiger partial charge in [0.05, 0.1) is 0 Å². The molecule has 2 rings (SSSR count). The largest absolute Gasteiger partial charge is 0.373 e. The molecule has 0 amide bonds. The second-order valence-corrected chi connectivity index (χ2v) is 5.70. The smallest absolute Gasteiger partial charge is 0.191 e. The molecule has 1 N–H and O–H groups in total. The summed E-state index contributed by atoms with van der Waals surface area (Å²) < 4.78 is 0. The molecule has 5 heteroatoms. The van der Waals surface area contributed by atoms with Crippen molar-refractivity contribution in [3.8, 4) is 0 Å². The lowest BCUT2D eigenvalue weighted by Gasteiger charge is -2.34. The van der Waals surface area contributed by atoms with Crippen molar-refractivity contribution in [3.63, 3.8) is 0 Å². The molecule has 0 bridgehead atoms. The van der Waals surface area contributed by atoms with E-state index in [9.17, 15) is 0 Å². The number of aromatic nitrogens is 2. The summed E-state index contributed by atoms with van der Waals surface area (Å²) in [5, 5.41) is 3.98. The number of rotatable bonds is 5. The van der Waals surface area contributed by atoms with Gasteiger partial charge in [0.15, 0.2) is 5.16 Å². The zero-order valence-electron chi connectivity index (χ0n) is 12.1. The molecule has 0 radical (unpaired) electrons. The van der Waals surface area contributed by atoms with Crippen molar-refractivity contribution in [2.45, 2.75) is 50.2 Å². The molecule has 19 heavy (non-hydrogen) atoms. The van der Waals surface area contributed by atoms with Crippen molar-refractivity contribution >= 4 is 23.4 Å². The van der Waals surface area contributed by atoms with Crippen LogP contribution in [-0.4, -0.2) is 35.9 Å². The van der Waals surface area contributed by atoms with Gasteiger partial charge in [0.25, 0.3) is 0 Å². The Balaban J connectivity index is 2.25. The Hall–Kier alpha value is -0.970. The molecule has 0 saturated heterocycles. The standard InChI is InChI=1S/C14H24N4S/c1-4-18(11-8-6-5-7-9-11)13-10-12(15-2)16-14(17-13)19-3/h10-11H,4-9H2,1-3H3,(H,15,16,17). The molecule has 0 aromatic carbocycles. The predicted molar refractivity (Wildman–Crippen MR) is 83.3 cm³/mol. The van der Waals surface area contributed by atoms with Crippen LogP contribution in [0.2, 0.25) is 0 Å². The first-order chi connectivity index (χ1) is 9.28. The average molecular weight is 280 g/mol. The molecule has 0 atom stereocenters. The van der Waals surface area contributed by atoms with Crippen molar-refractivity contribution in [3.05, 3.63) is 6.07 Å². The van der Waals surface area contributed by atoms with Crippen molar-refractivity contribution in [2.75, 3.05) is 30.1 Å². The molecule has 106 valence electrons. The van der Waals surface area contributed by atoms with E-state index in [2.05, 4.69) is 33.2 Å². The molecule has 1 aliphatic rings. The molecular weight excluding hydrogens is 256 g/mol. The maximum Gasteiger partial charge on any atom is 0.191 e. The van der Waals surface area contributed by atoms with Crippen molar-refractivity contribution < 1.29 is 0 Å². The van der Waals surface area contributed by atoms with Gasteiger partial charge in [0, 0.05) is 25.7 Å². The highest BCUT2D eigenvalue weighted by atomic mass is 32.2. The number of hydrogen-bond acceptors (Lipinski definition) is 5. The minimum Gasteiger partial charge on any atom is -0.373 e. The van der Waals surface area contributed by atoms with Crippen LogP contribution in [0.5, 0.6) is 0 Å². The summed E-state index contributed by atoms with van der Waals surface area (Å²) in [4.78, 5) is 11.6. The first-order valence-corrected chi connectivity index (χ1v) is 8.38. The highest BCUT2D eigenvalue weighted by molar-refractivity contribution is 7.98. The van der Waals surface area contributed by atoms with Crippen LogP contribution < -0.4 is 10.2 Å². The van der Waals surface area contributed by atoms with Crippen LogP contribution in [-0.2, 0) is 0 Å². The van der Waals surface area contributed by atoms with E-state index in [1.165, 1.54) is 32.1 Å². The molecule has 1 aromatic heterocycles. The van der Waals surface area contributed by atoms with Crippen molar-refractivity contribution in [2.24, 2.45) is 0 Å². The zero-order valence-corrected chi connectivity index (χ0v) is 13.0. The Morgan fingerprint density at radius 2 is 2.05 bits per heavy atom. The minimum absolute atomic E-state index is 0.646. The van der Waals surface area contributed by atoms with E-state index < -0.39 is 0 Å². The molecule has 0 unspecified atom stereocenters. The third kappa shape index (κ3) is 3.53. The summed E-state index contributed by atoms with van der Waals surface area (Å²) in [5.41, 5.74) is 0. The van der Waals surface area contributed by atoms with E-state index in [-0.39, 0.29) is 0 Å². The normalized spacial score (nSPS) is 16.4. The summed E-state index contributed by atoms with van der Waals surface area (Å²) in [6, 6.07) is 2.71. The number of nitrogens with zero attached hydrogens (tertiary/aromatic N) is 3. The van der Waals surface area contributed by atoms with Gasteiger partial charge in [-0.25, -0.2) is 9.97 Å². The molecule has 4 nitrogen and oxygen atoms in total. The van der Waals surface area contributed by atoms with Gasteiger partial charge in [-0.3, -0.25) is 0 Å². The Kier molecular flexibility index (Phi) is 5.31. The Morgan fingerprint density at radius 3 is 2.63 bits per heavy atom. The van der Waals surface area contributed by atoms with E-state index in [0.29, 0.717) is 6.04 Å². The highest BCUT2D eigenvalue weighted by Crippen LogP contribution is 2.28. The van der Waals surface area contributed by atoms with Gasteiger partial charge in [-0.15, -0.1) is 0 Å². The number of nitrogens with one attached hydrogen (secondary N) is 1. The number of anilines is 2. The fourth-order valence-electron chi connectivity index (χ4n) is 2.78. The molecule has 1 fully saturated rings. The topological polar surface area (TPSA) is 41.0 Å². The lowest BCUT2D eigenvalue weighted by molar-refractivity contribution is 0.415. The molecular formula is C14H24N4S.